The van der Waals surface area contributed by atoms with Gasteiger partial charge in [-0.3, -0.25) is 4.68 Å². The van der Waals surface area contributed by atoms with Crippen LogP contribution in [0.3, 0.4) is 0 Å². The molecule has 1 aliphatic heterocycles. The van der Waals surface area contributed by atoms with E-state index < -0.39 is 0 Å². The Bertz CT molecular complexity index is 639. The molecule has 6 nitrogen and oxygen atoms in total. The highest BCUT2D eigenvalue weighted by molar-refractivity contribution is 5.63. The fourth-order valence-corrected chi connectivity index (χ4v) is 3.03. The predicted octanol–water partition coefficient (Wildman–Crippen LogP) is 2.25. The molecule has 1 saturated heterocycles. The molecule has 2 aliphatic rings. The maximum Gasteiger partial charge on any atom is 0.222 e. The monoisotopic (exact) mass is 284 g/mol. The topological polar surface area (TPSA) is 72.9 Å². The second kappa shape index (κ2) is 5.02. The lowest BCUT2D eigenvalue weighted by molar-refractivity contribution is 0.289. The Labute approximate surface area is 124 Å². The molecule has 1 aliphatic carbocycles. The molecule has 0 spiro atoms. The zero-order chi connectivity index (χ0) is 14.2. The van der Waals surface area contributed by atoms with E-state index in [-0.39, 0.29) is 0 Å². The van der Waals surface area contributed by atoms with Crippen LogP contribution in [0.2, 0.25) is 0 Å². The summed E-state index contributed by atoms with van der Waals surface area (Å²) in [5, 5.41) is 4.47. The van der Waals surface area contributed by atoms with Crippen LogP contribution in [0.1, 0.15) is 38.1 Å². The molecule has 4 rings (SSSR count). The minimum Gasteiger partial charge on any atom is -0.368 e. The summed E-state index contributed by atoms with van der Waals surface area (Å²) in [5.74, 6) is 1.28. The summed E-state index contributed by atoms with van der Waals surface area (Å²) in [4.78, 5) is 11.0. The standard InChI is InChI=1S/C15H20N6/c16-15-18-13(8-14(19-15)20-6-1-2-7-20)11-9-17-21(10-11)12-4-3-5-12/h8-10,12H,1-7H2,(H2,16,18,19). The minimum absolute atomic E-state index is 0.339. The van der Waals surface area contributed by atoms with Gasteiger partial charge in [0.25, 0.3) is 0 Å². The molecule has 21 heavy (non-hydrogen) atoms. The van der Waals surface area contributed by atoms with E-state index in [0.717, 1.165) is 30.2 Å². The van der Waals surface area contributed by atoms with E-state index >= 15 is 0 Å². The van der Waals surface area contributed by atoms with Crippen LogP contribution >= 0.6 is 0 Å². The molecular weight excluding hydrogens is 264 g/mol. The molecule has 2 aromatic heterocycles. The van der Waals surface area contributed by atoms with Gasteiger partial charge in [-0.05, 0) is 32.1 Å². The van der Waals surface area contributed by atoms with Gasteiger partial charge in [0.05, 0.1) is 17.9 Å². The number of nitrogens with zero attached hydrogens (tertiary/aromatic N) is 5. The van der Waals surface area contributed by atoms with E-state index in [1.54, 1.807) is 0 Å². The van der Waals surface area contributed by atoms with Crippen LogP contribution in [0.25, 0.3) is 11.3 Å². The molecule has 0 unspecified atom stereocenters. The zero-order valence-corrected chi connectivity index (χ0v) is 12.1. The predicted molar refractivity (Wildman–Crippen MR) is 82.0 cm³/mol. The van der Waals surface area contributed by atoms with Crippen LogP contribution in [0.5, 0.6) is 0 Å². The Kier molecular flexibility index (Phi) is 3.02. The first-order chi connectivity index (χ1) is 10.3. The number of hydrogen-bond acceptors (Lipinski definition) is 5. The summed E-state index contributed by atoms with van der Waals surface area (Å²) < 4.78 is 2.06. The number of anilines is 2. The van der Waals surface area contributed by atoms with Gasteiger partial charge in [0.2, 0.25) is 5.95 Å². The first-order valence-electron chi connectivity index (χ1n) is 7.73. The van der Waals surface area contributed by atoms with Crippen LogP contribution in [-0.4, -0.2) is 32.8 Å². The SMILES string of the molecule is Nc1nc(-c2cnn(C3CCC3)c2)cc(N2CCCC2)n1. The molecule has 1 saturated carbocycles. The second-order valence-electron chi connectivity index (χ2n) is 5.96. The van der Waals surface area contributed by atoms with E-state index in [4.69, 9.17) is 5.73 Å². The van der Waals surface area contributed by atoms with Gasteiger partial charge in [-0.15, -0.1) is 0 Å². The Morgan fingerprint density at radius 3 is 2.62 bits per heavy atom. The van der Waals surface area contributed by atoms with Gasteiger partial charge < -0.3 is 10.6 Å². The van der Waals surface area contributed by atoms with Crippen molar-refractivity contribution in [2.45, 2.75) is 38.1 Å². The molecule has 2 N–H and O–H groups in total. The quantitative estimate of drug-likeness (QED) is 0.935. The lowest BCUT2D eigenvalue weighted by Gasteiger charge is -2.25. The van der Waals surface area contributed by atoms with Crippen molar-refractivity contribution in [2.75, 3.05) is 23.7 Å². The van der Waals surface area contributed by atoms with E-state index in [9.17, 15) is 0 Å². The second-order valence-corrected chi connectivity index (χ2v) is 5.96. The lowest BCUT2D eigenvalue weighted by Crippen LogP contribution is -2.19. The van der Waals surface area contributed by atoms with Crippen LogP contribution < -0.4 is 10.6 Å². The number of nitrogens with two attached hydrogens (primary N) is 1. The van der Waals surface area contributed by atoms with Gasteiger partial charge in [0, 0.05) is 30.9 Å². The van der Waals surface area contributed by atoms with Gasteiger partial charge in [0.1, 0.15) is 5.82 Å². The molecule has 0 aromatic carbocycles. The van der Waals surface area contributed by atoms with Crippen molar-refractivity contribution in [3.8, 4) is 11.3 Å². The summed E-state index contributed by atoms with van der Waals surface area (Å²) in [6.45, 7) is 2.11. The van der Waals surface area contributed by atoms with E-state index in [2.05, 4.69) is 30.8 Å². The summed E-state index contributed by atoms with van der Waals surface area (Å²) in [7, 11) is 0. The molecule has 2 fully saturated rings. The first-order valence-corrected chi connectivity index (χ1v) is 7.73. The van der Waals surface area contributed by atoms with Gasteiger partial charge in [-0.1, -0.05) is 0 Å². The van der Waals surface area contributed by atoms with Crippen molar-refractivity contribution in [1.82, 2.24) is 19.7 Å². The third-order valence-corrected chi connectivity index (χ3v) is 4.51. The molecule has 110 valence electrons. The fourth-order valence-electron chi connectivity index (χ4n) is 3.03. The average Bonchev–Trinajstić information content (AvgIpc) is 3.07. The molecule has 6 heteroatoms. The number of nitrogen functional groups attached to an aromatic ring is 1. The Morgan fingerprint density at radius 2 is 1.90 bits per heavy atom. The average molecular weight is 284 g/mol. The summed E-state index contributed by atoms with van der Waals surface area (Å²) >= 11 is 0. The first kappa shape index (κ1) is 12.6. The summed E-state index contributed by atoms with van der Waals surface area (Å²) in [6, 6.07) is 2.60. The molecule has 0 atom stereocenters. The highest BCUT2D eigenvalue weighted by atomic mass is 15.3. The minimum atomic E-state index is 0.339. The highest BCUT2D eigenvalue weighted by Gasteiger charge is 2.21. The van der Waals surface area contributed by atoms with E-state index in [1.807, 2.05) is 12.3 Å². The van der Waals surface area contributed by atoms with E-state index in [0.29, 0.717) is 12.0 Å². The van der Waals surface area contributed by atoms with E-state index in [1.165, 1.54) is 32.1 Å². The normalized spacial score (nSPS) is 19.0. The summed E-state index contributed by atoms with van der Waals surface area (Å²) in [5.41, 5.74) is 7.79. The Balaban J connectivity index is 1.65. The molecule has 0 bridgehead atoms. The van der Waals surface area contributed by atoms with Crippen molar-refractivity contribution in [3.05, 3.63) is 18.5 Å². The maximum absolute atomic E-state index is 5.89. The van der Waals surface area contributed by atoms with Gasteiger partial charge in [-0.2, -0.15) is 10.1 Å². The van der Waals surface area contributed by atoms with Crippen LogP contribution in [-0.2, 0) is 0 Å². The van der Waals surface area contributed by atoms with Crippen molar-refractivity contribution >= 4 is 11.8 Å². The van der Waals surface area contributed by atoms with Gasteiger partial charge >= 0.3 is 0 Å². The molecule has 3 heterocycles. The van der Waals surface area contributed by atoms with Crippen LogP contribution in [0.4, 0.5) is 11.8 Å². The Hall–Kier alpha value is -2.11. The third kappa shape index (κ3) is 2.34. The fraction of sp³-hybridized carbons (Fsp3) is 0.533. The van der Waals surface area contributed by atoms with Crippen molar-refractivity contribution in [2.24, 2.45) is 0 Å². The molecule has 2 aromatic rings. The molecule has 0 radical (unpaired) electrons. The largest absolute Gasteiger partial charge is 0.368 e. The smallest absolute Gasteiger partial charge is 0.222 e. The number of rotatable bonds is 3. The molecular formula is C15H20N6. The third-order valence-electron chi connectivity index (χ3n) is 4.51. The van der Waals surface area contributed by atoms with Crippen molar-refractivity contribution < 1.29 is 0 Å². The number of hydrogen-bond donors (Lipinski definition) is 1. The summed E-state index contributed by atoms with van der Waals surface area (Å²) in [6.07, 6.45) is 10.2. The number of aromatic nitrogens is 4. The van der Waals surface area contributed by atoms with Crippen LogP contribution in [0, 0.1) is 0 Å². The molecule has 0 amide bonds. The highest BCUT2D eigenvalue weighted by Crippen LogP contribution is 2.32. The van der Waals surface area contributed by atoms with Crippen LogP contribution in [0.15, 0.2) is 18.5 Å². The van der Waals surface area contributed by atoms with Gasteiger partial charge in [-0.25, -0.2) is 4.98 Å². The van der Waals surface area contributed by atoms with Crippen molar-refractivity contribution in [3.63, 3.8) is 0 Å². The van der Waals surface area contributed by atoms with Gasteiger partial charge in [0.15, 0.2) is 0 Å². The lowest BCUT2D eigenvalue weighted by atomic mass is 9.93. The zero-order valence-electron chi connectivity index (χ0n) is 12.1. The Morgan fingerprint density at radius 1 is 1.10 bits per heavy atom. The maximum atomic E-state index is 5.89. The van der Waals surface area contributed by atoms with Crippen molar-refractivity contribution in [1.29, 1.82) is 0 Å².